The van der Waals surface area contributed by atoms with Gasteiger partial charge in [0.2, 0.25) is 5.91 Å². The summed E-state index contributed by atoms with van der Waals surface area (Å²) in [5, 5.41) is 3.65. The molecule has 2 fully saturated rings. The maximum atomic E-state index is 12.9. The van der Waals surface area contributed by atoms with Gasteiger partial charge in [-0.1, -0.05) is 37.5 Å². The summed E-state index contributed by atoms with van der Waals surface area (Å²) in [6, 6.07) is 9.03. The average molecular weight is 366 g/mol. The molecule has 1 saturated heterocycles. The van der Waals surface area contributed by atoms with Crippen LogP contribution in [0.3, 0.4) is 0 Å². The standard InChI is InChI=1S/C20H22N4O3/c1-23-19(27)24(18(26)20(23)9-5-2-6-10-20)13-17(25)22-15-11-14-7-3-4-8-16(14)21-12-15/h3-4,7-8,11-12H,2,5-6,9-10,13H2,1H3,(H,22,25). The van der Waals surface area contributed by atoms with Crippen LogP contribution in [0.5, 0.6) is 0 Å². The van der Waals surface area contributed by atoms with E-state index in [0.29, 0.717) is 18.5 Å². The summed E-state index contributed by atoms with van der Waals surface area (Å²) in [6.07, 6.45) is 5.83. The number of carbonyl (C=O) groups is 3. The monoisotopic (exact) mass is 366 g/mol. The number of nitrogens with zero attached hydrogens (tertiary/aromatic N) is 3. The number of hydrogen-bond donors (Lipinski definition) is 1. The van der Waals surface area contributed by atoms with E-state index in [9.17, 15) is 14.4 Å². The van der Waals surface area contributed by atoms with E-state index in [1.54, 1.807) is 13.2 Å². The molecule has 0 radical (unpaired) electrons. The largest absolute Gasteiger partial charge is 0.327 e. The Morgan fingerprint density at radius 1 is 1.19 bits per heavy atom. The first-order valence-electron chi connectivity index (χ1n) is 9.26. The summed E-state index contributed by atoms with van der Waals surface area (Å²) < 4.78 is 0. The number of para-hydroxylation sites is 1. The first kappa shape index (κ1) is 17.5. The van der Waals surface area contributed by atoms with Gasteiger partial charge in [0.1, 0.15) is 12.1 Å². The fraction of sp³-hybridized carbons (Fsp3) is 0.400. The lowest BCUT2D eigenvalue weighted by atomic mass is 9.81. The van der Waals surface area contributed by atoms with Crippen molar-refractivity contribution in [2.45, 2.75) is 37.6 Å². The number of imide groups is 1. The van der Waals surface area contributed by atoms with E-state index in [4.69, 9.17) is 0 Å². The topological polar surface area (TPSA) is 82.6 Å². The molecule has 27 heavy (non-hydrogen) atoms. The highest BCUT2D eigenvalue weighted by molar-refractivity contribution is 6.10. The number of rotatable bonds is 3. The minimum Gasteiger partial charge on any atom is -0.323 e. The van der Waals surface area contributed by atoms with Crippen LogP contribution in [0, 0.1) is 0 Å². The van der Waals surface area contributed by atoms with E-state index >= 15 is 0 Å². The Morgan fingerprint density at radius 2 is 1.93 bits per heavy atom. The first-order chi connectivity index (χ1) is 13.0. The summed E-state index contributed by atoms with van der Waals surface area (Å²) in [6.45, 7) is -0.281. The Bertz CT molecular complexity index is 920. The Balaban J connectivity index is 1.48. The molecule has 0 unspecified atom stereocenters. The van der Waals surface area contributed by atoms with Crippen LogP contribution in [0.4, 0.5) is 10.5 Å². The van der Waals surface area contributed by atoms with E-state index in [1.807, 2.05) is 30.3 Å². The van der Waals surface area contributed by atoms with Crippen LogP contribution >= 0.6 is 0 Å². The van der Waals surface area contributed by atoms with Crippen molar-refractivity contribution in [1.29, 1.82) is 0 Å². The van der Waals surface area contributed by atoms with Gasteiger partial charge in [0, 0.05) is 12.4 Å². The molecule has 4 amide bonds. The Kier molecular flexibility index (Phi) is 4.30. The fourth-order valence-corrected chi connectivity index (χ4v) is 4.15. The number of aromatic nitrogens is 1. The number of benzene rings is 1. The molecular formula is C20H22N4O3. The fourth-order valence-electron chi connectivity index (χ4n) is 4.15. The van der Waals surface area contributed by atoms with Gasteiger partial charge >= 0.3 is 6.03 Å². The van der Waals surface area contributed by atoms with Crippen LogP contribution in [-0.2, 0) is 9.59 Å². The van der Waals surface area contributed by atoms with E-state index in [-0.39, 0.29) is 12.5 Å². The third-order valence-electron chi connectivity index (χ3n) is 5.66. The van der Waals surface area contributed by atoms with Crippen LogP contribution in [0.1, 0.15) is 32.1 Å². The molecule has 1 aliphatic heterocycles. The zero-order valence-corrected chi connectivity index (χ0v) is 15.3. The third-order valence-corrected chi connectivity index (χ3v) is 5.66. The molecular weight excluding hydrogens is 344 g/mol. The summed E-state index contributed by atoms with van der Waals surface area (Å²) >= 11 is 0. The molecule has 1 saturated carbocycles. The van der Waals surface area contributed by atoms with Crippen LogP contribution in [0.15, 0.2) is 36.5 Å². The van der Waals surface area contributed by atoms with Gasteiger partial charge in [-0.05, 0) is 25.0 Å². The number of fused-ring (bicyclic) bond motifs is 1. The highest BCUT2D eigenvalue weighted by Crippen LogP contribution is 2.39. The van der Waals surface area contributed by atoms with Gasteiger partial charge in [0.05, 0.1) is 17.4 Å². The second kappa shape index (κ2) is 6.64. The van der Waals surface area contributed by atoms with Crippen molar-refractivity contribution in [2.75, 3.05) is 18.9 Å². The number of hydrogen-bond acceptors (Lipinski definition) is 4. The third kappa shape index (κ3) is 2.93. The Morgan fingerprint density at radius 3 is 2.70 bits per heavy atom. The van der Waals surface area contributed by atoms with E-state index in [1.165, 1.54) is 4.90 Å². The number of nitrogens with one attached hydrogen (secondary N) is 1. The minimum atomic E-state index is -0.764. The SMILES string of the molecule is CN1C(=O)N(CC(=O)Nc2cnc3ccccc3c2)C(=O)C12CCCCC2. The van der Waals surface area contributed by atoms with Crippen molar-refractivity contribution in [3.8, 4) is 0 Å². The first-order valence-corrected chi connectivity index (χ1v) is 9.26. The van der Waals surface area contributed by atoms with Gasteiger partial charge < -0.3 is 10.2 Å². The molecule has 7 nitrogen and oxygen atoms in total. The summed E-state index contributed by atoms with van der Waals surface area (Å²) in [5.41, 5.74) is 0.611. The number of pyridine rings is 1. The number of likely N-dealkylation sites (N-methyl/N-ethyl adjacent to an activating group) is 1. The van der Waals surface area contributed by atoms with Crippen molar-refractivity contribution in [2.24, 2.45) is 0 Å². The average Bonchev–Trinajstić information content (AvgIpc) is 2.85. The predicted octanol–water partition coefficient (Wildman–Crippen LogP) is 2.77. The van der Waals surface area contributed by atoms with E-state index in [2.05, 4.69) is 10.3 Å². The smallest absolute Gasteiger partial charge is 0.323 e. The van der Waals surface area contributed by atoms with Crippen molar-refractivity contribution in [3.63, 3.8) is 0 Å². The molecule has 1 aromatic carbocycles. The summed E-state index contributed by atoms with van der Waals surface area (Å²) in [7, 11) is 1.66. The highest BCUT2D eigenvalue weighted by Gasteiger charge is 2.55. The zero-order valence-electron chi connectivity index (χ0n) is 15.3. The molecule has 7 heteroatoms. The molecule has 0 atom stereocenters. The number of anilines is 1. The van der Waals surface area contributed by atoms with Crippen LogP contribution in [0.2, 0.25) is 0 Å². The van der Waals surface area contributed by atoms with E-state index < -0.39 is 17.5 Å². The number of carbonyl (C=O) groups excluding carboxylic acids is 3. The number of urea groups is 1. The molecule has 1 aromatic heterocycles. The summed E-state index contributed by atoms with van der Waals surface area (Å²) in [5.74, 6) is -0.656. The molecule has 0 bridgehead atoms. The second-order valence-corrected chi connectivity index (χ2v) is 7.29. The van der Waals surface area contributed by atoms with E-state index in [0.717, 1.165) is 35.1 Å². The van der Waals surface area contributed by atoms with Gasteiger partial charge in [0.15, 0.2) is 0 Å². The van der Waals surface area contributed by atoms with Gasteiger partial charge in [-0.15, -0.1) is 0 Å². The summed E-state index contributed by atoms with van der Waals surface area (Å²) in [4.78, 5) is 44.9. The molecule has 1 aliphatic carbocycles. The predicted molar refractivity (Wildman–Crippen MR) is 101 cm³/mol. The van der Waals surface area contributed by atoms with Crippen molar-refractivity contribution in [1.82, 2.24) is 14.8 Å². The molecule has 1 spiro atoms. The quantitative estimate of drug-likeness (QED) is 0.847. The molecule has 1 N–H and O–H groups in total. The Labute approximate surface area is 157 Å². The van der Waals surface area contributed by atoms with Gasteiger partial charge in [-0.25, -0.2) is 4.79 Å². The molecule has 4 rings (SSSR count). The maximum absolute atomic E-state index is 12.9. The zero-order chi connectivity index (χ0) is 19.0. The van der Waals surface area contributed by atoms with Gasteiger partial charge in [-0.2, -0.15) is 0 Å². The molecule has 2 heterocycles. The van der Waals surface area contributed by atoms with Gasteiger partial charge in [-0.3, -0.25) is 19.5 Å². The lowest BCUT2D eigenvalue weighted by Gasteiger charge is -2.35. The lowest BCUT2D eigenvalue weighted by Crippen LogP contribution is -2.49. The minimum absolute atomic E-state index is 0.249. The normalized spacial score (nSPS) is 19.1. The Hall–Kier alpha value is -2.96. The second-order valence-electron chi connectivity index (χ2n) is 7.29. The maximum Gasteiger partial charge on any atom is 0.327 e. The van der Waals surface area contributed by atoms with Crippen molar-refractivity contribution in [3.05, 3.63) is 36.5 Å². The number of amides is 4. The highest BCUT2D eigenvalue weighted by atomic mass is 16.2. The van der Waals surface area contributed by atoms with Crippen LogP contribution < -0.4 is 5.32 Å². The van der Waals surface area contributed by atoms with Crippen LogP contribution in [0.25, 0.3) is 10.9 Å². The van der Waals surface area contributed by atoms with Gasteiger partial charge in [0.25, 0.3) is 5.91 Å². The molecule has 2 aliphatic rings. The van der Waals surface area contributed by atoms with Crippen LogP contribution in [-0.4, -0.2) is 51.8 Å². The molecule has 140 valence electrons. The van der Waals surface area contributed by atoms with Crippen molar-refractivity contribution < 1.29 is 14.4 Å². The lowest BCUT2D eigenvalue weighted by molar-refractivity contribution is -0.136. The van der Waals surface area contributed by atoms with Crippen molar-refractivity contribution >= 4 is 34.4 Å². The molecule has 2 aromatic rings.